The first-order valence-electron chi connectivity index (χ1n) is 5.67. The Bertz CT molecular complexity index is 540. The van der Waals surface area contributed by atoms with E-state index in [4.69, 9.17) is 5.84 Å². The monoisotopic (exact) mass is 308 g/mol. The molecule has 0 radical (unpaired) electrons. The van der Waals surface area contributed by atoms with Crippen molar-refractivity contribution in [2.24, 2.45) is 5.84 Å². The number of nitrogens with two attached hydrogens (primary N) is 1. The van der Waals surface area contributed by atoms with Crippen LogP contribution in [0, 0.1) is 10.1 Å². The number of rotatable bonds is 8. The number of thiophene rings is 1. The number of unbranched alkanes of at least 4 members (excludes halogenated alkanes) is 2. The van der Waals surface area contributed by atoms with Gasteiger partial charge in [0.15, 0.2) is 5.00 Å². The van der Waals surface area contributed by atoms with Gasteiger partial charge in [0, 0.05) is 12.6 Å². The minimum Gasteiger partial charge on any atom is -0.310 e. The fourth-order valence-corrected chi connectivity index (χ4v) is 3.74. The van der Waals surface area contributed by atoms with Gasteiger partial charge in [0.1, 0.15) is 4.21 Å². The molecule has 0 aromatic carbocycles. The van der Waals surface area contributed by atoms with Crippen LogP contribution in [0.4, 0.5) is 10.7 Å². The van der Waals surface area contributed by atoms with Gasteiger partial charge in [-0.05, 0) is 6.42 Å². The lowest BCUT2D eigenvalue weighted by atomic mass is 10.3. The van der Waals surface area contributed by atoms with Gasteiger partial charge in [-0.2, -0.15) is 0 Å². The number of nitro groups is 1. The summed E-state index contributed by atoms with van der Waals surface area (Å²) in [7, 11) is -3.72. The minimum absolute atomic E-state index is 0.0129. The molecule has 1 aromatic heterocycles. The largest absolute Gasteiger partial charge is 0.310 e. The predicted octanol–water partition coefficient (Wildman–Crippen LogP) is 1.41. The summed E-state index contributed by atoms with van der Waals surface area (Å²) in [6, 6.07) is 1.00. The molecule has 0 amide bonds. The third kappa shape index (κ3) is 4.13. The van der Waals surface area contributed by atoms with Crippen LogP contribution in [0.1, 0.15) is 26.2 Å². The first kappa shape index (κ1) is 15.8. The minimum atomic E-state index is -3.72. The van der Waals surface area contributed by atoms with Crippen molar-refractivity contribution < 1.29 is 13.3 Å². The Morgan fingerprint density at radius 2 is 2.16 bits per heavy atom. The SMILES string of the molecule is CCCCCNS(=O)(=O)c1cc([N+](=O)[O-])c(NN)s1. The number of nitrogen functional groups attached to an aromatic ring is 1. The van der Waals surface area contributed by atoms with Gasteiger partial charge < -0.3 is 5.43 Å². The number of nitrogens with one attached hydrogen (secondary N) is 2. The molecule has 19 heavy (non-hydrogen) atoms. The highest BCUT2D eigenvalue weighted by Gasteiger charge is 2.25. The molecule has 4 N–H and O–H groups in total. The van der Waals surface area contributed by atoms with E-state index in [2.05, 4.69) is 10.1 Å². The lowest BCUT2D eigenvalue weighted by Crippen LogP contribution is -2.23. The van der Waals surface area contributed by atoms with Crippen molar-refractivity contribution in [1.29, 1.82) is 0 Å². The van der Waals surface area contributed by atoms with Crippen molar-refractivity contribution in [2.45, 2.75) is 30.4 Å². The van der Waals surface area contributed by atoms with Gasteiger partial charge >= 0.3 is 5.69 Å². The third-order valence-corrected chi connectivity index (χ3v) is 5.35. The van der Waals surface area contributed by atoms with Crippen LogP contribution >= 0.6 is 11.3 Å². The number of hydrogen-bond acceptors (Lipinski definition) is 7. The number of hydrazine groups is 1. The fourth-order valence-electron chi connectivity index (χ4n) is 1.38. The molecule has 108 valence electrons. The zero-order chi connectivity index (χ0) is 14.5. The fraction of sp³-hybridized carbons (Fsp3) is 0.556. The first-order chi connectivity index (χ1) is 8.92. The van der Waals surface area contributed by atoms with E-state index in [1.54, 1.807) is 0 Å². The maximum atomic E-state index is 11.9. The quantitative estimate of drug-likeness (QED) is 0.288. The van der Waals surface area contributed by atoms with Crippen LogP contribution in [0.25, 0.3) is 0 Å². The molecule has 0 saturated heterocycles. The Morgan fingerprint density at radius 1 is 1.47 bits per heavy atom. The maximum Gasteiger partial charge on any atom is 0.306 e. The van der Waals surface area contributed by atoms with Crippen LogP contribution in [0.5, 0.6) is 0 Å². The van der Waals surface area contributed by atoms with E-state index in [9.17, 15) is 18.5 Å². The molecule has 0 saturated carbocycles. The lowest BCUT2D eigenvalue weighted by Gasteiger charge is -2.03. The topological polar surface area (TPSA) is 127 Å². The van der Waals surface area contributed by atoms with Crippen LogP contribution in [0.3, 0.4) is 0 Å². The van der Waals surface area contributed by atoms with Gasteiger partial charge in [-0.15, -0.1) is 0 Å². The van der Waals surface area contributed by atoms with Gasteiger partial charge in [0.25, 0.3) is 0 Å². The van der Waals surface area contributed by atoms with Gasteiger partial charge in [0.2, 0.25) is 10.0 Å². The van der Waals surface area contributed by atoms with Crippen LogP contribution in [0.2, 0.25) is 0 Å². The third-order valence-electron chi connectivity index (χ3n) is 2.35. The molecule has 0 spiro atoms. The first-order valence-corrected chi connectivity index (χ1v) is 7.96. The van der Waals surface area contributed by atoms with E-state index >= 15 is 0 Å². The smallest absolute Gasteiger partial charge is 0.306 e. The van der Waals surface area contributed by atoms with Crippen molar-refractivity contribution in [3.8, 4) is 0 Å². The van der Waals surface area contributed by atoms with Crippen molar-refractivity contribution in [3.05, 3.63) is 16.2 Å². The van der Waals surface area contributed by atoms with Gasteiger partial charge in [-0.1, -0.05) is 31.1 Å². The summed E-state index contributed by atoms with van der Waals surface area (Å²) in [6.07, 6.45) is 2.63. The molecule has 0 aliphatic rings. The van der Waals surface area contributed by atoms with E-state index in [0.717, 1.165) is 36.7 Å². The van der Waals surface area contributed by atoms with Crippen LogP contribution in [-0.4, -0.2) is 19.9 Å². The molecule has 0 bridgehead atoms. The Balaban J connectivity index is 2.86. The molecule has 0 unspecified atom stereocenters. The molecule has 8 nitrogen and oxygen atoms in total. The number of hydrogen-bond donors (Lipinski definition) is 3. The molecule has 0 atom stereocenters. The van der Waals surface area contributed by atoms with Crippen molar-refractivity contribution in [1.82, 2.24) is 4.72 Å². The molecule has 0 fully saturated rings. The maximum absolute atomic E-state index is 11.9. The normalized spacial score (nSPS) is 11.5. The number of nitrogens with zero attached hydrogens (tertiary/aromatic N) is 1. The molecule has 1 aromatic rings. The summed E-state index contributed by atoms with van der Waals surface area (Å²) in [5, 5.41) is 10.7. The molecule has 0 aliphatic heterocycles. The highest BCUT2D eigenvalue weighted by Crippen LogP contribution is 2.36. The van der Waals surface area contributed by atoms with Crippen LogP contribution < -0.4 is 16.0 Å². The van der Waals surface area contributed by atoms with Gasteiger partial charge in [-0.3, -0.25) is 10.1 Å². The molecular weight excluding hydrogens is 292 g/mol. The molecule has 1 rings (SSSR count). The Labute approximate surface area is 115 Å². The second kappa shape index (κ2) is 6.80. The Hall–Kier alpha value is -1.23. The van der Waals surface area contributed by atoms with E-state index < -0.39 is 14.9 Å². The van der Waals surface area contributed by atoms with Crippen molar-refractivity contribution >= 4 is 32.0 Å². The highest BCUT2D eigenvalue weighted by molar-refractivity contribution is 7.91. The summed E-state index contributed by atoms with van der Waals surface area (Å²) in [5.74, 6) is 5.13. The predicted molar refractivity (Wildman–Crippen MR) is 73.5 cm³/mol. The summed E-state index contributed by atoms with van der Waals surface area (Å²) in [5.41, 5.74) is 1.78. The second-order valence-corrected chi connectivity index (χ2v) is 6.83. The van der Waals surface area contributed by atoms with Crippen LogP contribution in [-0.2, 0) is 10.0 Å². The van der Waals surface area contributed by atoms with Gasteiger partial charge in [-0.25, -0.2) is 19.0 Å². The number of anilines is 1. The van der Waals surface area contributed by atoms with Gasteiger partial charge in [0.05, 0.1) is 4.92 Å². The van der Waals surface area contributed by atoms with E-state index in [1.165, 1.54) is 0 Å². The molecule has 10 heteroatoms. The zero-order valence-electron chi connectivity index (χ0n) is 10.4. The Morgan fingerprint density at radius 3 is 2.63 bits per heavy atom. The Kier molecular flexibility index (Phi) is 5.66. The van der Waals surface area contributed by atoms with Crippen molar-refractivity contribution in [3.63, 3.8) is 0 Å². The molecule has 1 heterocycles. The second-order valence-electron chi connectivity index (χ2n) is 3.79. The van der Waals surface area contributed by atoms with E-state index in [0.29, 0.717) is 6.54 Å². The summed E-state index contributed by atoms with van der Waals surface area (Å²) >= 11 is 0.730. The summed E-state index contributed by atoms with van der Waals surface area (Å²) in [6.45, 7) is 2.32. The standard InChI is InChI=1S/C9H16N4O4S2/c1-2-3-4-5-11-19(16,17)8-6-7(13(14)15)9(12-10)18-8/h6,11-12H,2-5,10H2,1H3. The summed E-state index contributed by atoms with van der Waals surface area (Å²) in [4.78, 5) is 10.0. The summed E-state index contributed by atoms with van der Waals surface area (Å²) < 4.78 is 26.1. The average Bonchev–Trinajstić information content (AvgIpc) is 2.79. The van der Waals surface area contributed by atoms with Crippen molar-refractivity contribution in [2.75, 3.05) is 12.0 Å². The molecule has 0 aliphatic carbocycles. The zero-order valence-corrected chi connectivity index (χ0v) is 12.0. The average molecular weight is 308 g/mol. The number of sulfonamides is 1. The van der Waals surface area contributed by atoms with Crippen LogP contribution in [0.15, 0.2) is 10.3 Å². The lowest BCUT2D eigenvalue weighted by molar-refractivity contribution is -0.383. The highest BCUT2D eigenvalue weighted by atomic mass is 32.2. The van der Waals surface area contributed by atoms with E-state index in [-0.39, 0.29) is 14.9 Å². The molecular formula is C9H16N4O4S2. The van der Waals surface area contributed by atoms with E-state index in [1.807, 2.05) is 6.92 Å².